The number of nitrogens with zero attached hydrogens (tertiary/aromatic N) is 1. The zero-order valence-electron chi connectivity index (χ0n) is 10.9. The highest BCUT2D eigenvalue weighted by Crippen LogP contribution is 2.24. The van der Waals surface area contributed by atoms with Gasteiger partial charge in [0.05, 0.1) is 11.1 Å². The highest BCUT2D eigenvalue weighted by Gasteiger charge is 2.32. The number of amides is 3. The van der Waals surface area contributed by atoms with Gasteiger partial charge in [-0.2, -0.15) is 0 Å². The average Bonchev–Trinajstić information content (AvgIpc) is 2.63. The number of anilines is 1. The van der Waals surface area contributed by atoms with Crippen LogP contribution in [0.15, 0.2) is 18.2 Å². The molecule has 19 heavy (non-hydrogen) atoms. The lowest BCUT2D eigenvalue weighted by Crippen LogP contribution is -2.26. The maximum Gasteiger partial charge on any atom is 0.261 e. The van der Waals surface area contributed by atoms with Crippen LogP contribution in [0, 0.1) is 0 Å². The van der Waals surface area contributed by atoms with E-state index in [4.69, 9.17) is 4.74 Å². The van der Waals surface area contributed by atoms with E-state index in [0.29, 0.717) is 16.8 Å². The lowest BCUT2D eigenvalue weighted by Gasteiger charge is -2.10. The summed E-state index contributed by atoms with van der Waals surface area (Å²) in [6.07, 6.45) is -0.590. The molecule has 1 aliphatic heterocycles. The van der Waals surface area contributed by atoms with Crippen molar-refractivity contribution in [1.82, 2.24) is 4.90 Å². The summed E-state index contributed by atoms with van der Waals surface area (Å²) in [5.74, 6) is -1.01. The van der Waals surface area contributed by atoms with Crippen LogP contribution >= 0.6 is 0 Å². The maximum atomic E-state index is 11.8. The molecule has 0 aliphatic carbocycles. The summed E-state index contributed by atoms with van der Waals surface area (Å²) in [4.78, 5) is 36.2. The van der Waals surface area contributed by atoms with Gasteiger partial charge in [0, 0.05) is 19.8 Å². The van der Waals surface area contributed by atoms with Crippen molar-refractivity contribution in [3.05, 3.63) is 29.3 Å². The fourth-order valence-corrected chi connectivity index (χ4v) is 1.79. The van der Waals surface area contributed by atoms with Crippen LogP contribution in [0.1, 0.15) is 27.6 Å². The summed E-state index contributed by atoms with van der Waals surface area (Å²) in [5.41, 5.74) is 1.12. The third kappa shape index (κ3) is 2.22. The molecule has 0 spiro atoms. The zero-order chi connectivity index (χ0) is 14.2. The minimum atomic E-state index is -0.590. The Morgan fingerprint density at radius 3 is 2.53 bits per heavy atom. The van der Waals surface area contributed by atoms with E-state index < -0.39 is 6.10 Å². The number of rotatable bonds is 3. The number of fused-ring (bicyclic) bond motifs is 1. The molecule has 1 aromatic carbocycles. The molecule has 1 atom stereocenters. The molecule has 100 valence electrons. The largest absolute Gasteiger partial charge is 0.372 e. The predicted molar refractivity (Wildman–Crippen MR) is 68.0 cm³/mol. The second kappa shape index (κ2) is 4.81. The maximum absolute atomic E-state index is 11.8. The van der Waals surface area contributed by atoms with Gasteiger partial charge in [-0.25, -0.2) is 0 Å². The van der Waals surface area contributed by atoms with Crippen molar-refractivity contribution in [2.45, 2.75) is 13.0 Å². The third-order valence-electron chi connectivity index (χ3n) is 3.08. The van der Waals surface area contributed by atoms with Crippen molar-refractivity contribution in [3.63, 3.8) is 0 Å². The van der Waals surface area contributed by atoms with Gasteiger partial charge in [-0.1, -0.05) is 0 Å². The number of imide groups is 1. The van der Waals surface area contributed by atoms with Crippen molar-refractivity contribution in [2.75, 3.05) is 19.5 Å². The van der Waals surface area contributed by atoms with E-state index in [1.807, 2.05) is 0 Å². The highest BCUT2D eigenvalue weighted by molar-refractivity contribution is 6.21. The molecule has 2 rings (SSSR count). The van der Waals surface area contributed by atoms with E-state index in [-0.39, 0.29) is 17.7 Å². The lowest BCUT2D eigenvalue weighted by molar-refractivity contribution is -0.124. The third-order valence-corrected chi connectivity index (χ3v) is 3.08. The molecule has 1 aliphatic rings. The quantitative estimate of drug-likeness (QED) is 0.821. The van der Waals surface area contributed by atoms with Crippen LogP contribution in [0.5, 0.6) is 0 Å². The number of ether oxygens (including phenoxy) is 1. The van der Waals surface area contributed by atoms with Gasteiger partial charge in [-0.05, 0) is 25.1 Å². The number of hydrogen-bond donors (Lipinski definition) is 1. The van der Waals surface area contributed by atoms with Crippen LogP contribution in [0.2, 0.25) is 0 Å². The predicted octanol–water partition coefficient (Wildman–Crippen LogP) is 0.886. The summed E-state index contributed by atoms with van der Waals surface area (Å²) in [5, 5.41) is 2.63. The monoisotopic (exact) mass is 262 g/mol. The van der Waals surface area contributed by atoms with Gasteiger partial charge >= 0.3 is 0 Å². The van der Waals surface area contributed by atoms with E-state index >= 15 is 0 Å². The average molecular weight is 262 g/mol. The summed E-state index contributed by atoms with van der Waals surface area (Å²) in [6, 6.07) is 4.62. The molecule has 3 amide bonds. The van der Waals surface area contributed by atoms with Crippen molar-refractivity contribution in [2.24, 2.45) is 0 Å². The molecule has 1 aromatic rings. The lowest BCUT2D eigenvalue weighted by atomic mass is 10.1. The van der Waals surface area contributed by atoms with E-state index in [1.54, 1.807) is 13.0 Å². The Balaban J connectivity index is 2.26. The Morgan fingerprint density at radius 2 is 1.89 bits per heavy atom. The van der Waals surface area contributed by atoms with E-state index in [0.717, 1.165) is 4.90 Å². The Labute approximate surface area is 110 Å². The second-order valence-corrected chi connectivity index (χ2v) is 4.30. The summed E-state index contributed by atoms with van der Waals surface area (Å²) in [6.45, 7) is 1.62. The molecule has 0 bridgehead atoms. The van der Waals surface area contributed by atoms with Crippen LogP contribution in [-0.2, 0) is 9.53 Å². The SMILES string of the molecule is COC(C)C(=O)Nc1ccc2c(c1)C(=O)N(C)C2=O. The van der Waals surface area contributed by atoms with Gasteiger partial charge in [-0.3, -0.25) is 19.3 Å². The Morgan fingerprint density at radius 1 is 1.26 bits per heavy atom. The number of methoxy groups -OCH3 is 1. The van der Waals surface area contributed by atoms with Crippen molar-refractivity contribution >= 4 is 23.4 Å². The number of benzene rings is 1. The standard InChI is InChI=1S/C13H14N2O4/c1-7(19-3)11(16)14-8-4-5-9-10(6-8)13(18)15(2)12(9)17/h4-7H,1-3H3,(H,14,16). The molecule has 0 aromatic heterocycles. The van der Waals surface area contributed by atoms with Crippen LogP contribution < -0.4 is 5.32 Å². The van der Waals surface area contributed by atoms with Crippen molar-refractivity contribution < 1.29 is 19.1 Å². The van der Waals surface area contributed by atoms with Gasteiger partial charge in [0.15, 0.2) is 0 Å². The van der Waals surface area contributed by atoms with Gasteiger partial charge in [-0.15, -0.1) is 0 Å². The summed E-state index contributed by atoms with van der Waals surface area (Å²) >= 11 is 0. The first-order valence-electron chi connectivity index (χ1n) is 5.75. The van der Waals surface area contributed by atoms with Gasteiger partial charge in [0.25, 0.3) is 17.7 Å². The Kier molecular flexibility index (Phi) is 3.35. The molecule has 1 N–H and O–H groups in total. The van der Waals surface area contributed by atoms with Gasteiger partial charge in [0.2, 0.25) is 0 Å². The Bertz CT molecular complexity index is 568. The smallest absolute Gasteiger partial charge is 0.261 e. The van der Waals surface area contributed by atoms with E-state index in [9.17, 15) is 14.4 Å². The first-order chi connectivity index (χ1) is 8.95. The molecule has 1 unspecified atom stereocenters. The molecular formula is C13H14N2O4. The van der Waals surface area contributed by atoms with E-state index in [2.05, 4.69) is 5.32 Å². The van der Waals surface area contributed by atoms with Crippen molar-refractivity contribution in [1.29, 1.82) is 0 Å². The first-order valence-corrected chi connectivity index (χ1v) is 5.75. The Hall–Kier alpha value is -2.21. The number of carbonyl (C=O) groups excluding carboxylic acids is 3. The van der Waals surface area contributed by atoms with Gasteiger partial charge < -0.3 is 10.1 Å². The molecular weight excluding hydrogens is 248 g/mol. The fraction of sp³-hybridized carbons (Fsp3) is 0.308. The van der Waals surface area contributed by atoms with Gasteiger partial charge in [0.1, 0.15) is 6.10 Å². The van der Waals surface area contributed by atoms with E-state index in [1.165, 1.54) is 26.3 Å². The van der Waals surface area contributed by atoms with Crippen LogP contribution in [0.4, 0.5) is 5.69 Å². The summed E-state index contributed by atoms with van der Waals surface area (Å²) < 4.78 is 4.89. The molecule has 0 radical (unpaired) electrons. The number of hydrogen-bond acceptors (Lipinski definition) is 4. The number of nitrogens with one attached hydrogen (secondary N) is 1. The van der Waals surface area contributed by atoms with Crippen LogP contribution in [0.25, 0.3) is 0 Å². The molecule has 0 saturated heterocycles. The van der Waals surface area contributed by atoms with Crippen molar-refractivity contribution in [3.8, 4) is 0 Å². The second-order valence-electron chi connectivity index (χ2n) is 4.30. The topological polar surface area (TPSA) is 75.7 Å². The van der Waals surface area contributed by atoms with Crippen LogP contribution in [-0.4, -0.2) is 42.9 Å². The van der Waals surface area contributed by atoms with Crippen LogP contribution in [0.3, 0.4) is 0 Å². The minimum absolute atomic E-state index is 0.301. The normalized spacial score (nSPS) is 15.4. The summed E-state index contributed by atoms with van der Waals surface area (Å²) in [7, 11) is 2.86. The number of carbonyl (C=O) groups is 3. The molecule has 1 heterocycles. The fourth-order valence-electron chi connectivity index (χ4n) is 1.79. The molecule has 0 saturated carbocycles. The molecule has 6 heteroatoms. The first kappa shape index (κ1) is 13.2. The minimum Gasteiger partial charge on any atom is -0.372 e. The molecule has 0 fully saturated rings. The zero-order valence-corrected chi connectivity index (χ0v) is 10.9. The molecule has 6 nitrogen and oxygen atoms in total. The highest BCUT2D eigenvalue weighted by atomic mass is 16.5.